The normalized spacial score (nSPS) is 15.8. The average molecular weight is 331 g/mol. The maximum absolute atomic E-state index is 12.1. The van der Waals surface area contributed by atoms with Crippen LogP contribution in [0, 0.1) is 5.92 Å². The number of carbonyl (C=O) groups is 1. The summed E-state index contributed by atoms with van der Waals surface area (Å²) in [5.41, 5.74) is 14.0. The number of aliphatic imine (C=N–C) groups is 1. The van der Waals surface area contributed by atoms with E-state index in [0.29, 0.717) is 12.5 Å². The Bertz CT molecular complexity index is 938. The molecule has 0 amide bonds. The summed E-state index contributed by atoms with van der Waals surface area (Å²) >= 11 is 0. The van der Waals surface area contributed by atoms with Crippen LogP contribution in [0.15, 0.2) is 41.5 Å². The first-order chi connectivity index (χ1) is 12.1. The SMILES string of the molecule is CC(C)C1=CCc2ncc(-c3ccc4c(c3)C(CN)=NCC4=O)cc21. The van der Waals surface area contributed by atoms with Crippen molar-refractivity contribution >= 4 is 17.1 Å². The number of hydrogen-bond acceptors (Lipinski definition) is 4. The van der Waals surface area contributed by atoms with Crippen LogP contribution in [-0.4, -0.2) is 29.6 Å². The molecular formula is C21H21N3O. The molecular weight excluding hydrogens is 310 g/mol. The molecule has 2 N–H and O–H groups in total. The number of pyridine rings is 1. The van der Waals surface area contributed by atoms with Gasteiger partial charge in [-0.1, -0.05) is 32.1 Å². The van der Waals surface area contributed by atoms with Crippen LogP contribution < -0.4 is 5.73 Å². The van der Waals surface area contributed by atoms with Crippen molar-refractivity contribution in [3.05, 3.63) is 58.9 Å². The van der Waals surface area contributed by atoms with Gasteiger partial charge in [-0.05, 0) is 29.2 Å². The van der Waals surface area contributed by atoms with Gasteiger partial charge < -0.3 is 5.73 Å². The number of allylic oxidation sites excluding steroid dienone is 2. The van der Waals surface area contributed by atoms with E-state index in [4.69, 9.17) is 5.73 Å². The molecule has 2 heterocycles. The summed E-state index contributed by atoms with van der Waals surface area (Å²) in [5, 5.41) is 0. The smallest absolute Gasteiger partial charge is 0.184 e. The van der Waals surface area contributed by atoms with Gasteiger partial charge in [0.1, 0.15) is 6.54 Å². The van der Waals surface area contributed by atoms with Gasteiger partial charge >= 0.3 is 0 Å². The molecule has 0 unspecified atom stereocenters. The zero-order valence-corrected chi connectivity index (χ0v) is 14.5. The molecule has 2 aromatic rings. The summed E-state index contributed by atoms with van der Waals surface area (Å²) in [6, 6.07) is 8.12. The fraction of sp³-hybridized carbons (Fsp3) is 0.286. The van der Waals surface area contributed by atoms with Crippen molar-refractivity contribution in [3.63, 3.8) is 0 Å². The maximum Gasteiger partial charge on any atom is 0.184 e. The number of ketones is 1. The Balaban J connectivity index is 1.80. The lowest BCUT2D eigenvalue weighted by molar-refractivity contribution is 0.1000. The minimum atomic E-state index is 0.0517. The Morgan fingerprint density at radius 2 is 1.92 bits per heavy atom. The number of Topliss-reactive ketones (excluding diaryl/α,β-unsaturated/α-hetero) is 1. The van der Waals surface area contributed by atoms with E-state index in [1.54, 1.807) is 0 Å². The van der Waals surface area contributed by atoms with Gasteiger partial charge in [0, 0.05) is 41.4 Å². The quantitative estimate of drug-likeness (QED) is 0.938. The van der Waals surface area contributed by atoms with Crippen LogP contribution in [0.3, 0.4) is 0 Å². The third-order valence-corrected chi connectivity index (χ3v) is 4.99. The first kappa shape index (κ1) is 15.9. The Labute approximate surface area is 147 Å². The van der Waals surface area contributed by atoms with Gasteiger partial charge in [-0.3, -0.25) is 14.8 Å². The lowest BCUT2D eigenvalue weighted by atomic mass is 9.91. The van der Waals surface area contributed by atoms with E-state index < -0.39 is 0 Å². The second-order valence-electron chi connectivity index (χ2n) is 6.89. The number of carbonyl (C=O) groups excluding carboxylic acids is 1. The largest absolute Gasteiger partial charge is 0.325 e. The fourth-order valence-electron chi connectivity index (χ4n) is 3.64. The van der Waals surface area contributed by atoms with Crippen molar-refractivity contribution in [2.75, 3.05) is 13.1 Å². The second kappa shape index (κ2) is 6.05. The van der Waals surface area contributed by atoms with Crippen molar-refractivity contribution in [2.24, 2.45) is 16.6 Å². The van der Waals surface area contributed by atoms with Gasteiger partial charge in [0.2, 0.25) is 0 Å². The molecule has 0 radical (unpaired) electrons. The summed E-state index contributed by atoms with van der Waals surface area (Å²) in [6.45, 7) is 4.96. The Morgan fingerprint density at radius 1 is 1.12 bits per heavy atom. The van der Waals surface area contributed by atoms with Gasteiger partial charge in [0.15, 0.2) is 5.78 Å². The zero-order valence-electron chi connectivity index (χ0n) is 14.5. The number of rotatable bonds is 3. The van der Waals surface area contributed by atoms with E-state index in [1.165, 1.54) is 11.1 Å². The van der Waals surface area contributed by atoms with Gasteiger partial charge in [0.25, 0.3) is 0 Å². The lowest BCUT2D eigenvalue weighted by Crippen LogP contribution is -2.24. The van der Waals surface area contributed by atoms with Crippen LogP contribution in [0.5, 0.6) is 0 Å². The summed E-state index contributed by atoms with van der Waals surface area (Å²) in [5.74, 6) is 0.534. The van der Waals surface area contributed by atoms with Crippen molar-refractivity contribution in [1.29, 1.82) is 0 Å². The zero-order chi connectivity index (χ0) is 17.6. The monoisotopic (exact) mass is 331 g/mol. The standard InChI is InChI=1S/C21H21N3O/c1-12(2)15-5-6-19-17(15)8-14(10-23-19)13-3-4-16-18(7-13)20(9-22)24-11-21(16)25/h3-5,7-8,10,12H,6,9,11,22H2,1-2H3. The fourth-order valence-corrected chi connectivity index (χ4v) is 3.64. The molecule has 4 heteroatoms. The van der Waals surface area contributed by atoms with Crippen LogP contribution in [0.25, 0.3) is 16.7 Å². The van der Waals surface area contributed by atoms with Gasteiger partial charge in [-0.15, -0.1) is 0 Å². The molecule has 4 rings (SSSR count). The summed E-state index contributed by atoms with van der Waals surface area (Å²) in [4.78, 5) is 21.1. The second-order valence-corrected chi connectivity index (χ2v) is 6.89. The Hall–Kier alpha value is -2.59. The Morgan fingerprint density at radius 3 is 2.68 bits per heavy atom. The van der Waals surface area contributed by atoms with Crippen molar-refractivity contribution in [1.82, 2.24) is 4.98 Å². The predicted octanol–water partition coefficient (Wildman–Crippen LogP) is 3.29. The van der Waals surface area contributed by atoms with Crippen LogP contribution in [0.4, 0.5) is 0 Å². The summed E-state index contributed by atoms with van der Waals surface area (Å²) < 4.78 is 0. The van der Waals surface area contributed by atoms with Crippen molar-refractivity contribution < 1.29 is 4.79 Å². The van der Waals surface area contributed by atoms with E-state index in [2.05, 4.69) is 36.0 Å². The van der Waals surface area contributed by atoms with Crippen molar-refractivity contribution in [3.8, 4) is 11.1 Å². The maximum atomic E-state index is 12.1. The molecule has 0 saturated heterocycles. The van der Waals surface area contributed by atoms with Crippen LogP contribution >= 0.6 is 0 Å². The number of benzene rings is 1. The molecule has 0 saturated carbocycles. The molecule has 1 aliphatic heterocycles. The predicted molar refractivity (Wildman–Crippen MR) is 101 cm³/mol. The third kappa shape index (κ3) is 2.63. The van der Waals surface area contributed by atoms with Crippen LogP contribution in [-0.2, 0) is 6.42 Å². The number of aromatic nitrogens is 1. The van der Waals surface area contributed by atoms with Crippen LogP contribution in [0.1, 0.15) is 41.0 Å². The summed E-state index contributed by atoms with van der Waals surface area (Å²) in [6.07, 6.45) is 5.10. The summed E-state index contributed by atoms with van der Waals surface area (Å²) in [7, 11) is 0. The average Bonchev–Trinajstić information content (AvgIpc) is 3.05. The molecule has 1 aliphatic carbocycles. The van der Waals surface area contributed by atoms with E-state index in [-0.39, 0.29) is 12.3 Å². The molecule has 0 spiro atoms. The third-order valence-electron chi connectivity index (χ3n) is 4.99. The molecule has 0 fully saturated rings. The highest BCUT2D eigenvalue weighted by molar-refractivity contribution is 6.16. The number of fused-ring (bicyclic) bond motifs is 2. The van der Waals surface area contributed by atoms with Gasteiger partial charge in [0.05, 0.1) is 11.4 Å². The Kier molecular flexibility index (Phi) is 3.85. The number of nitrogens with two attached hydrogens (primary N) is 1. The topological polar surface area (TPSA) is 68.3 Å². The van der Waals surface area contributed by atoms with Crippen LogP contribution in [0.2, 0.25) is 0 Å². The highest BCUT2D eigenvalue weighted by Crippen LogP contribution is 2.34. The molecule has 1 aromatic carbocycles. The number of nitrogens with zero attached hydrogens (tertiary/aromatic N) is 2. The van der Waals surface area contributed by atoms with E-state index >= 15 is 0 Å². The molecule has 25 heavy (non-hydrogen) atoms. The van der Waals surface area contributed by atoms with Crippen molar-refractivity contribution in [2.45, 2.75) is 20.3 Å². The highest BCUT2D eigenvalue weighted by atomic mass is 16.1. The lowest BCUT2D eigenvalue weighted by Gasteiger charge is -2.17. The minimum Gasteiger partial charge on any atom is -0.325 e. The molecule has 126 valence electrons. The first-order valence-corrected chi connectivity index (χ1v) is 8.69. The highest BCUT2D eigenvalue weighted by Gasteiger charge is 2.22. The van der Waals surface area contributed by atoms with Gasteiger partial charge in [-0.25, -0.2) is 0 Å². The van der Waals surface area contributed by atoms with Gasteiger partial charge in [-0.2, -0.15) is 0 Å². The van der Waals surface area contributed by atoms with E-state index in [9.17, 15) is 4.79 Å². The molecule has 0 atom stereocenters. The number of hydrogen-bond donors (Lipinski definition) is 1. The molecule has 0 bridgehead atoms. The van der Waals surface area contributed by atoms with E-state index in [0.717, 1.165) is 40.1 Å². The minimum absolute atomic E-state index is 0.0517. The first-order valence-electron chi connectivity index (χ1n) is 8.69. The molecule has 1 aromatic heterocycles. The van der Waals surface area contributed by atoms with E-state index in [1.807, 2.05) is 24.4 Å². The molecule has 4 nitrogen and oxygen atoms in total. The molecule has 2 aliphatic rings.